The molecular weight excluding hydrogens is 462 g/mol. The Morgan fingerprint density at radius 2 is 1.51 bits per heavy atom. The Balaban J connectivity index is 1.59. The summed E-state index contributed by atoms with van der Waals surface area (Å²) in [5, 5.41) is 9.01. The molecule has 6 heteroatoms. The molecule has 37 heavy (non-hydrogen) atoms. The van der Waals surface area contributed by atoms with E-state index in [1.165, 1.54) is 0 Å². The SMILES string of the molecule is CN(C)c1ccc(-c2ccc(CN(C(=O)C3CCC(N)CC3)c3cccc(C=CC(=O)O)c3)cc2)cc1. The van der Waals surface area contributed by atoms with Gasteiger partial charge >= 0.3 is 5.97 Å². The summed E-state index contributed by atoms with van der Waals surface area (Å²) in [5.74, 6) is -0.976. The van der Waals surface area contributed by atoms with Gasteiger partial charge in [0.2, 0.25) is 5.91 Å². The lowest BCUT2D eigenvalue weighted by Crippen LogP contribution is -2.39. The standard InChI is InChI=1S/C31H35N3O3/c1-33(2)28-17-13-25(14-18-28)24-9-6-23(7-10-24)21-34(31(37)26-11-15-27(32)16-12-26)29-5-3-4-22(20-29)8-19-30(35)36/h3-10,13-14,17-20,26-27H,11-12,15-16,21,32H2,1-2H3,(H,35,36). The van der Waals surface area contributed by atoms with Crippen LogP contribution < -0.4 is 15.5 Å². The van der Waals surface area contributed by atoms with Crippen molar-refractivity contribution in [2.24, 2.45) is 11.7 Å². The lowest BCUT2D eigenvalue weighted by molar-refractivity contribution is -0.131. The first-order valence-corrected chi connectivity index (χ1v) is 12.7. The van der Waals surface area contributed by atoms with Gasteiger partial charge in [-0.15, -0.1) is 0 Å². The van der Waals surface area contributed by atoms with Crippen molar-refractivity contribution >= 4 is 29.3 Å². The van der Waals surface area contributed by atoms with Gasteiger partial charge in [-0.25, -0.2) is 4.79 Å². The van der Waals surface area contributed by atoms with Crippen molar-refractivity contribution in [2.75, 3.05) is 23.9 Å². The van der Waals surface area contributed by atoms with Crippen LogP contribution >= 0.6 is 0 Å². The number of hydrogen-bond acceptors (Lipinski definition) is 4. The Labute approximate surface area is 219 Å². The van der Waals surface area contributed by atoms with Gasteiger partial charge < -0.3 is 20.6 Å². The van der Waals surface area contributed by atoms with Crippen LogP contribution in [0.2, 0.25) is 0 Å². The van der Waals surface area contributed by atoms with E-state index in [0.29, 0.717) is 6.54 Å². The van der Waals surface area contributed by atoms with Gasteiger partial charge in [0.25, 0.3) is 0 Å². The topological polar surface area (TPSA) is 86.9 Å². The van der Waals surface area contributed by atoms with Gasteiger partial charge in [0.1, 0.15) is 0 Å². The first kappa shape index (κ1) is 26.2. The lowest BCUT2D eigenvalue weighted by atomic mass is 9.85. The zero-order valence-corrected chi connectivity index (χ0v) is 21.5. The summed E-state index contributed by atoms with van der Waals surface area (Å²) in [6.07, 6.45) is 5.94. The number of nitrogens with two attached hydrogens (primary N) is 1. The van der Waals surface area contributed by atoms with Crippen LogP contribution in [0.1, 0.15) is 36.8 Å². The number of carbonyl (C=O) groups excluding carboxylic acids is 1. The summed E-state index contributed by atoms with van der Waals surface area (Å²) in [6, 6.07) is 24.4. The highest BCUT2D eigenvalue weighted by Gasteiger charge is 2.29. The monoisotopic (exact) mass is 497 g/mol. The lowest BCUT2D eigenvalue weighted by Gasteiger charge is -2.31. The highest BCUT2D eigenvalue weighted by atomic mass is 16.4. The van der Waals surface area contributed by atoms with Crippen molar-refractivity contribution in [3.63, 3.8) is 0 Å². The number of carbonyl (C=O) groups is 2. The maximum Gasteiger partial charge on any atom is 0.328 e. The van der Waals surface area contributed by atoms with Gasteiger partial charge in [0.15, 0.2) is 0 Å². The van der Waals surface area contributed by atoms with Crippen molar-refractivity contribution in [3.8, 4) is 11.1 Å². The van der Waals surface area contributed by atoms with Gasteiger partial charge in [0.05, 0.1) is 6.54 Å². The van der Waals surface area contributed by atoms with Gasteiger partial charge in [-0.1, -0.05) is 48.5 Å². The van der Waals surface area contributed by atoms with Gasteiger partial charge in [-0.2, -0.15) is 0 Å². The number of rotatable bonds is 8. The Morgan fingerprint density at radius 1 is 0.892 bits per heavy atom. The molecule has 4 rings (SSSR count). The minimum Gasteiger partial charge on any atom is -0.478 e. The molecular formula is C31H35N3O3. The molecule has 1 saturated carbocycles. The second-order valence-electron chi connectivity index (χ2n) is 9.94. The molecule has 0 saturated heterocycles. The normalized spacial score (nSPS) is 17.5. The zero-order chi connectivity index (χ0) is 26.4. The smallest absolute Gasteiger partial charge is 0.328 e. The summed E-state index contributed by atoms with van der Waals surface area (Å²) in [4.78, 5) is 28.6. The molecule has 1 aliphatic rings. The van der Waals surface area contributed by atoms with Crippen LogP contribution in [0.3, 0.4) is 0 Å². The van der Waals surface area contributed by atoms with E-state index in [1.807, 2.05) is 43.3 Å². The van der Waals surface area contributed by atoms with Crippen LogP contribution in [0, 0.1) is 5.92 Å². The summed E-state index contributed by atoms with van der Waals surface area (Å²) >= 11 is 0. The molecule has 1 amide bonds. The number of carboxylic acids is 1. The maximum atomic E-state index is 13.7. The van der Waals surface area contributed by atoms with Crippen molar-refractivity contribution in [3.05, 3.63) is 90.0 Å². The van der Waals surface area contributed by atoms with E-state index in [1.54, 1.807) is 6.08 Å². The highest BCUT2D eigenvalue weighted by Crippen LogP contribution is 2.30. The van der Waals surface area contributed by atoms with Crippen LogP contribution in [-0.2, 0) is 16.1 Å². The number of aliphatic carboxylic acids is 1. The van der Waals surface area contributed by atoms with E-state index in [2.05, 4.69) is 53.4 Å². The van der Waals surface area contributed by atoms with Crippen LogP contribution in [0.15, 0.2) is 78.9 Å². The van der Waals surface area contributed by atoms with Gasteiger partial charge in [0, 0.05) is 43.5 Å². The van der Waals surface area contributed by atoms with Crippen LogP contribution in [0.25, 0.3) is 17.2 Å². The third-order valence-corrected chi connectivity index (χ3v) is 7.00. The minimum atomic E-state index is -1.01. The third kappa shape index (κ3) is 6.86. The summed E-state index contributed by atoms with van der Waals surface area (Å²) < 4.78 is 0. The molecule has 0 aromatic heterocycles. The summed E-state index contributed by atoms with van der Waals surface area (Å²) in [7, 11) is 4.05. The van der Waals surface area contributed by atoms with E-state index >= 15 is 0 Å². The summed E-state index contributed by atoms with van der Waals surface area (Å²) in [5.41, 5.74) is 12.0. The molecule has 3 N–H and O–H groups in total. The predicted octanol–water partition coefficient (Wildman–Crippen LogP) is 5.57. The number of benzene rings is 3. The Morgan fingerprint density at radius 3 is 2.11 bits per heavy atom. The molecule has 1 aliphatic carbocycles. The second kappa shape index (κ2) is 11.9. The zero-order valence-electron chi connectivity index (χ0n) is 21.5. The quantitative estimate of drug-likeness (QED) is 0.398. The average molecular weight is 498 g/mol. The van der Waals surface area contributed by atoms with Crippen molar-refractivity contribution in [2.45, 2.75) is 38.3 Å². The predicted molar refractivity (Wildman–Crippen MR) is 150 cm³/mol. The fraction of sp³-hybridized carbons (Fsp3) is 0.290. The maximum absolute atomic E-state index is 13.7. The van der Waals surface area contributed by atoms with Crippen LogP contribution in [0.4, 0.5) is 11.4 Å². The fourth-order valence-electron chi connectivity index (χ4n) is 4.78. The average Bonchev–Trinajstić information content (AvgIpc) is 2.91. The molecule has 0 bridgehead atoms. The highest BCUT2D eigenvalue weighted by molar-refractivity contribution is 5.95. The molecule has 0 heterocycles. The van der Waals surface area contributed by atoms with E-state index in [0.717, 1.165) is 65.4 Å². The van der Waals surface area contributed by atoms with E-state index in [-0.39, 0.29) is 17.9 Å². The fourth-order valence-corrected chi connectivity index (χ4v) is 4.78. The molecule has 3 aromatic rings. The number of carboxylic acid groups (broad SMARTS) is 1. The van der Waals surface area contributed by atoms with E-state index in [9.17, 15) is 9.59 Å². The number of amides is 1. The van der Waals surface area contributed by atoms with Crippen LogP contribution in [-0.4, -0.2) is 37.1 Å². The Bertz CT molecular complexity index is 1240. The van der Waals surface area contributed by atoms with E-state index in [4.69, 9.17) is 10.8 Å². The Kier molecular flexibility index (Phi) is 8.41. The molecule has 1 fully saturated rings. The summed E-state index contributed by atoms with van der Waals surface area (Å²) in [6.45, 7) is 0.438. The number of anilines is 2. The van der Waals surface area contributed by atoms with Gasteiger partial charge in [-0.3, -0.25) is 4.79 Å². The largest absolute Gasteiger partial charge is 0.478 e. The number of hydrogen-bond donors (Lipinski definition) is 2. The van der Waals surface area contributed by atoms with E-state index < -0.39 is 5.97 Å². The van der Waals surface area contributed by atoms with Crippen molar-refractivity contribution in [1.29, 1.82) is 0 Å². The van der Waals surface area contributed by atoms with Crippen molar-refractivity contribution < 1.29 is 14.7 Å². The second-order valence-corrected chi connectivity index (χ2v) is 9.94. The van der Waals surface area contributed by atoms with Crippen molar-refractivity contribution in [1.82, 2.24) is 0 Å². The molecule has 6 nitrogen and oxygen atoms in total. The first-order chi connectivity index (χ1) is 17.8. The van der Waals surface area contributed by atoms with Gasteiger partial charge in [-0.05, 0) is 78.3 Å². The molecule has 0 spiro atoms. The molecule has 3 aromatic carbocycles. The molecule has 0 atom stereocenters. The molecule has 0 unspecified atom stereocenters. The molecule has 192 valence electrons. The molecule has 0 radical (unpaired) electrons. The Hall–Kier alpha value is -3.90. The first-order valence-electron chi connectivity index (χ1n) is 12.7. The molecule has 0 aliphatic heterocycles. The number of nitrogens with zero attached hydrogens (tertiary/aromatic N) is 2. The van der Waals surface area contributed by atoms with Crippen LogP contribution in [0.5, 0.6) is 0 Å². The minimum absolute atomic E-state index is 0.0625. The third-order valence-electron chi connectivity index (χ3n) is 7.00.